The molecule has 102 valence electrons. The summed E-state index contributed by atoms with van der Waals surface area (Å²) in [4.78, 5) is 0. The van der Waals surface area contributed by atoms with Crippen LogP contribution in [-0.4, -0.2) is 0 Å². The standard InChI is InChI=1S/C13H16.C3H8.C2H6/c1-2-11-7-9-13(10-8-11)12-5-3-4-6-12;1-3-2;1-2/h3-5,7,9H,2,6,8,10H2,1H3;3H2,1-2H3;1-2H3. The normalized spacial score (nSPS) is 16.6. The Morgan fingerprint density at radius 2 is 1.56 bits per heavy atom. The van der Waals surface area contributed by atoms with Gasteiger partial charge in [0.1, 0.15) is 0 Å². The maximum atomic E-state index is 2.31. The van der Waals surface area contributed by atoms with Crippen molar-refractivity contribution in [2.24, 2.45) is 0 Å². The fourth-order valence-electron chi connectivity index (χ4n) is 1.93. The highest BCUT2D eigenvalue weighted by atomic mass is 14.1. The van der Waals surface area contributed by atoms with Crippen molar-refractivity contribution in [3.05, 3.63) is 47.1 Å². The zero-order valence-electron chi connectivity index (χ0n) is 12.9. The molecule has 0 spiro atoms. The van der Waals surface area contributed by atoms with E-state index in [1.54, 1.807) is 11.1 Å². The molecule has 2 rings (SSSR count). The summed E-state index contributed by atoms with van der Waals surface area (Å²) < 4.78 is 0. The molecule has 2 aliphatic rings. The minimum atomic E-state index is 1.14. The first-order valence-electron chi connectivity index (χ1n) is 7.56. The van der Waals surface area contributed by atoms with Crippen molar-refractivity contribution in [2.75, 3.05) is 0 Å². The van der Waals surface area contributed by atoms with E-state index in [-0.39, 0.29) is 0 Å². The Morgan fingerprint density at radius 3 is 1.94 bits per heavy atom. The molecule has 0 heteroatoms. The molecule has 0 aliphatic heterocycles. The Kier molecular flexibility index (Phi) is 10.4. The Labute approximate surface area is 114 Å². The van der Waals surface area contributed by atoms with E-state index in [9.17, 15) is 0 Å². The fraction of sp³-hybridized carbons (Fsp3) is 0.556. The molecule has 0 aromatic heterocycles. The number of hydrogen-bond donors (Lipinski definition) is 0. The van der Waals surface area contributed by atoms with E-state index >= 15 is 0 Å². The molecule has 0 atom stereocenters. The van der Waals surface area contributed by atoms with Crippen LogP contribution in [-0.2, 0) is 0 Å². The molecule has 0 unspecified atom stereocenters. The SMILES string of the molecule is CC.CCC.CCC1=CC=C(C2=CC=CC2)CC1. The van der Waals surface area contributed by atoms with Crippen LogP contribution >= 0.6 is 0 Å². The second-order valence-electron chi connectivity index (χ2n) is 4.40. The third-order valence-electron chi connectivity index (χ3n) is 2.87. The van der Waals surface area contributed by atoms with Crippen LogP contribution in [0.1, 0.15) is 66.7 Å². The van der Waals surface area contributed by atoms with E-state index in [0.29, 0.717) is 0 Å². The highest BCUT2D eigenvalue weighted by molar-refractivity contribution is 5.43. The van der Waals surface area contributed by atoms with Gasteiger partial charge in [-0.3, -0.25) is 0 Å². The van der Waals surface area contributed by atoms with Gasteiger partial charge in [-0.05, 0) is 36.8 Å². The molecule has 0 bridgehead atoms. The fourth-order valence-corrected chi connectivity index (χ4v) is 1.93. The van der Waals surface area contributed by atoms with Crippen molar-refractivity contribution in [1.29, 1.82) is 0 Å². The second kappa shape index (κ2) is 11.1. The molecule has 0 amide bonds. The van der Waals surface area contributed by atoms with Crippen LogP contribution in [0.15, 0.2) is 47.1 Å². The third kappa shape index (κ3) is 6.05. The van der Waals surface area contributed by atoms with Gasteiger partial charge in [0.2, 0.25) is 0 Å². The van der Waals surface area contributed by atoms with Gasteiger partial charge in [-0.2, -0.15) is 0 Å². The van der Waals surface area contributed by atoms with Gasteiger partial charge in [0, 0.05) is 0 Å². The van der Waals surface area contributed by atoms with E-state index in [1.807, 2.05) is 13.8 Å². The summed E-state index contributed by atoms with van der Waals surface area (Å²) in [7, 11) is 0. The summed E-state index contributed by atoms with van der Waals surface area (Å²) in [5.74, 6) is 0. The van der Waals surface area contributed by atoms with Crippen LogP contribution in [0.3, 0.4) is 0 Å². The highest BCUT2D eigenvalue weighted by Gasteiger charge is 2.09. The monoisotopic (exact) mass is 246 g/mol. The molecule has 0 fully saturated rings. The van der Waals surface area contributed by atoms with Crippen molar-refractivity contribution in [3.63, 3.8) is 0 Å². The Morgan fingerprint density at radius 1 is 0.889 bits per heavy atom. The zero-order chi connectivity index (χ0) is 13.8. The van der Waals surface area contributed by atoms with Gasteiger partial charge in [-0.15, -0.1) is 0 Å². The van der Waals surface area contributed by atoms with E-state index in [4.69, 9.17) is 0 Å². The quantitative estimate of drug-likeness (QED) is 0.531. The molecule has 0 aromatic rings. The van der Waals surface area contributed by atoms with Crippen molar-refractivity contribution < 1.29 is 0 Å². The maximum Gasteiger partial charge on any atom is -0.00916 e. The van der Waals surface area contributed by atoms with Gasteiger partial charge in [0.25, 0.3) is 0 Å². The summed E-state index contributed by atoms with van der Waals surface area (Å²) in [6.07, 6.45) is 17.4. The van der Waals surface area contributed by atoms with Gasteiger partial charge in [0.15, 0.2) is 0 Å². The third-order valence-corrected chi connectivity index (χ3v) is 2.87. The largest absolute Gasteiger partial charge is 0.0801 e. The summed E-state index contributed by atoms with van der Waals surface area (Å²) >= 11 is 0. The van der Waals surface area contributed by atoms with Crippen LogP contribution < -0.4 is 0 Å². The van der Waals surface area contributed by atoms with E-state index in [2.05, 4.69) is 51.2 Å². The highest BCUT2D eigenvalue weighted by Crippen LogP contribution is 2.29. The summed E-state index contributed by atoms with van der Waals surface area (Å²) in [5.41, 5.74) is 4.66. The molecule has 0 radical (unpaired) electrons. The average molecular weight is 246 g/mol. The first-order valence-corrected chi connectivity index (χ1v) is 7.56. The number of rotatable bonds is 2. The van der Waals surface area contributed by atoms with Crippen LogP contribution in [0.2, 0.25) is 0 Å². The Hall–Kier alpha value is -1.04. The molecule has 0 N–H and O–H groups in total. The lowest BCUT2D eigenvalue weighted by Crippen LogP contribution is -1.94. The molecule has 0 saturated heterocycles. The van der Waals surface area contributed by atoms with Crippen molar-refractivity contribution in [2.45, 2.75) is 66.7 Å². The molecule has 0 aromatic carbocycles. The molecule has 0 heterocycles. The van der Waals surface area contributed by atoms with Gasteiger partial charge < -0.3 is 0 Å². The average Bonchev–Trinajstić information content (AvgIpc) is 2.96. The van der Waals surface area contributed by atoms with Crippen LogP contribution in [0.5, 0.6) is 0 Å². The van der Waals surface area contributed by atoms with Crippen LogP contribution in [0, 0.1) is 0 Å². The molecular weight excluding hydrogens is 216 g/mol. The number of hydrogen-bond acceptors (Lipinski definition) is 0. The van der Waals surface area contributed by atoms with Gasteiger partial charge in [0.05, 0.1) is 0 Å². The maximum absolute atomic E-state index is 2.31. The minimum absolute atomic E-state index is 1.14. The van der Waals surface area contributed by atoms with E-state index < -0.39 is 0 Å². The lowest BCUT2D eigenvalue weighted by atomic mass is 9.92. The molecule has 18 heavy (non-hydrogen) atoms. The molecule has 0 nitrogen and oxygen atoms in total. The predicted octanol–water partition coefficient (Wildman–Crippen LogP) is 6.37. The predicted molar refractivity (Wildman–Crippen MR) is 84.8 cm³/mol. The Balaban J connectivity index is 0.000000509. The molecule has 2 aliphatic carbocycles. The van der Waals surface area contributed by atoms with Crippen LogP contribution in [0.4, 0.5) is 0 Å². The summed E-state index contributed by atoms with van der Waals surface area (Å²) in [6.45, 7) is 10.5. The molecular formula is C18H30. The number of allylic oxidation sites excluding steroid dienone is 8. The van der Waals surface area contributed by atoms with Crippen molar-refractivity contribution in [1.82, 2.24) is 0 Å². The van der Waals surface area contributed by atoms with Crippen LogP contribution in [0.25, 0.3) is 0 Å². The van der Waals surface area contributed by atoms with E-state index in [0.717, 1.165) is 6.42 Å². The zero-order valence-corrected chi connectivity index (χ0v) is 12.9. The second-order valence-corrected chi connectivity index (χ2v) is 4.40. The lowest BCUT2D eigenvalue weighted by Gasteiger charge is -2.14. The first-order chi connectivity index (χ1) is 8.81. The summed E-state index contributed by atoms with van der Waals surface area (Å²) in [6, 6.07) is 0. The van der Waals surface area contributed by atoms with E-state index in [1.165, 1.54) is 31.3 Å². The Bertz CT molecular complexity index is 324. The van der Waals surface area contributed by atoms with Crippen molar-refractivity contribution in [3.8, 4) is 0 Å². The van der Waals surface area contributed by atoms with Gasteiger partial charge in [-0.25, -0.2) is 0 Å². The van der Waals surface area contributed by atoms with Gasteiger partial charge >= 0.3 is 0 Å². The molecule has 0 saturated carbocycles. The minimum Gasteiger partial charge on any atom is -0.0801 e. The van der Waals surface area contributed by atoms with Crippen molar-refractivity contribution >= 4 is 0 Å². The topological polar surface area (TPSA) is 0 Å². The smallest absolute Gasteiger partial charge is 0.00916 e. The first kappa shape index (κ1) is 17.0. The lowest BCUT2D eigenvalue weighted by molar-refractivity contribution is 0.858. The summed E-state index contributed by atoms with van der Waals surface area (Å²) in [5, 5.41) is 0. The van der Waals surface area contributed by atoms with Gasteiger partial charge in [-0.1, -0.05) is 77.0 Å².